The summed E-state index contributed by atoms with van der Waals surface area (Å²) >= 11 is 0. The molecule has 1 saturated heterocycles. The monoisotopic (exact) mass is 290 g/mol. The van der Waals surface area contributed by atoms with Crippen LogP contribution in [0.2, 0.25) is 0 Å². The first-order chi connectivity index (χ1) is 7.33. The van der Waals surface area contributed by atoms with Crippen molar-refractivity contribution in [1.29, 1.82) is 0 Å². The SMILES string of the molecule is CCC(C)(C)N1[SiH2][SiH2]N(C(C)(C)CC)[SiH2][SiH2]1. The lowest BCUT2D eigenvalue weighted by molar-refractivity contribution is 0.314. The van der Waals surface area contributed by atoms with Crippen molar-refractivity contribution < 1.29 is 0 Å². The van der Waals surface area contributed by atoms with Crippen LogP contribution in [0.5, 0.6) is 0 Å². The molecule has 1 rings (SSSR count). The molecule has 96 valence electrons. The molecule has 6 heteroatoms. The largest absolute Gasteiger partial charge is 0.353 e. The highest BCUT2D eigenvalue weighted by Crippen LogP contribution is 2.21. The van der Waals surface area contributed by atoms with Crippen LogP contribution in [0.25, 0.3) is 0 Å². The van der Waals surface area contributed by atoms with Gasteiger partial charge in [-0.15, -0.1) is 0 Å². The maximum atomic E-state index is 3.05. The lowest BCUT2D eigenvalue weighted by Gasteiger charge is -2.48. The molecule has 0 aliphatic carbocycles. The zero-order valence-corrected chi connectivity index (χ0v) is 17.8. The summed E-state index contributed by atoms with van der Waals surface area (Å²) < 4.78 is 6.10. The Morgan fingerprint density at radius 3 is 1.12 bits per heavy atom. The van der Waals surface area contributed by atoms with Crippen molar-refractivity contribution in [3.63, 3.8) is 0 Å². The summed E-state index contributed by atoms with van der Waals surface area (Å²) in [6.07, 6.45) is 2.71. The normalized spacial score (nSPS) is 27.4. The third-order valence-electron chi connectivity index (χ3n) is 4.72. The van der Waals surface area contributed by atoms with Gasteiger partial charge in [-0.05, 0) is 40.5 Å². The summed E-state index contributed by atoms with van der Waals surface area (Å²) in [5.41, 5.74) is 1.14. The fraction of sp³-hybridized carbons (Fsp3) is 1.00. The second kappa shape index (κ2) is 5.62. The standard InChI is InChI=1S/C10H30N2Si4/c1-7-9(3,4)11-13-15-12(16-14-11)10(5,6)8-2/h7-8,13-16H2,1-6H3. The van der Waals surface area contributed by atoms with E-state index in [1.54, 1.807) is 0 Å². The summed E-state index contributed by atoms with van der Waals surface area (Å²) in [7, 11) is 0.661. The number of hydrogen-bond donors (Lipinski definition) is 0. The van der Waals surface area contributed by atoms with Gasteiger partial charge in [-0.25, -0.2) is 0 Å². The zero-order valence-electron chi connectivity index (χ0n) is 12.1. The summed E-state index contributed by atoms with van der Waals surface area (Å²) in [6.45, 7) is 14.7. The van der Waals surface area contributed by atoms with Crippen LogP contribution in [0.4, 0.5) is 0 Å². The van der Waals surface area contributed by atoms with Crippen LogP contribution in [0.15, 0.2) is 0 Å². The second-order valence-electron chi connectivity index (χ2n) is 6.31. The predicted octanol–water partition coefficient (Wildman–Crippen LogP) is -0.854. The molecule has 0 aromatic carbocycles. The molecule has 0 radical (unpaired) electrons. The third-order valence-corrected chi connectivity index (χ3v) is 29.8. The van der Waals surface area contributed by atoms with Gasteiger partial charge in [0.25, 0.3) is 0 Å². The maximum Gasteiger partial charge on any atom is 0.0887 e. The highest BCUT2D eigenvalue weighted by atomic mass is 29.2. The van der Waals surface area contributed by atoms with Crippen LogP contribution in [0.3, 0.4) is 0 Å². The molecule has 0 amide bonds. The van der Waals surface area contributed by atoms with E-state index >= 15 is 0 Å². The molecule has 0 atom stereocenters. The smallest absolute Gasteiger partial charge is 0.0887 e. The highest BCUT2D eigenvalue weighted by molar-refractivity contribution is 7.15. The molecule has 0 bridgehead atoms. The van der Waals surface area contributed by atoms with E-state index in [4.69, 9.17) is 0 Å². The van der Waals surface area contributed by atoms with Gasteiger partial charge < -0.3 is 8.46 Å². The number of rotatable bonds is 4. The van der Waals surface area contributed by atoms with E-state index in [0.29, 0.717) is 11.1 Å². The average molecular weight is 291 g/mol. The lowest BCUT2D eigenvalue weighted by atomic mass is 10.0. The first-order valence-electron chi connectivity index (χ1n) is 6.83. The van der Waals surface area contributed by atoms with Gasteiger partial charge in [-0.2, -0.15) is 0 Å². The van der Waals surface area contributed by atoms with Gasteiger partial charge in [0.2, 0.25) is 0 Å². The van der Waals surface area contributed by atoms with Crippen LogP contribution >= 0.6 is 0 Å². The molecular formula is C10H30N2Si4. The van der Waals surface area contributed by atoms with Crippen LogP contribution in [-0.2, 0) is 0 Å². The second-order valence-corrected chi connectivity index (χ2v) is 18.3. The van der Waals surface area contributed by atoms with Crippen LogP contribution < -0.4 is 0 Å². The maximum absolute atomic E-state index is 3.05. The van der Waals surface area contributed by atoms with Gasteiger partial charge >= 0.3 is 0 Å². The first-order valence-corrected chi connectivity index (χ1v) is 17.4. The summed E-state index contributed by atoms with van der Waals surface area (Å²) in [5.74, 6) is 0. The molecule has 2 nitrogen and oxygen atoms in total. The molecular weight excluding hydrogens is 260 g/mol. The molecule has 16 heavy (non-hydrogen) atoms. The summed E-state index contributed by atoms with van der Waals surface area (Å²) in [4.78, 5) is 0. The molecule has 1 aliphatic rings. The Kier molecular flexibility index (Phi) is 5.21. The fourth-order valence-electron chi connectivity index (χ4n) is 2.36. The summed E-state index contributed by atoms with van der Waals surface area (Å²) in [6, 6.07) is 0. The Bertz CT molecular complexity index is 201. The Labute approximate surface area is 111 Å². The molecule has 0 aromatic rings. The molecule has 1 heterocycles. The van der Waals surface area contributed by atoms with Crippen LogP contribution in [0, 0.1) is 0 Å². The highest BCUT2D eigenvalue weighted by Gasteiger charge is 2.33. The van der Waals surface area contributed by atoms with Crippen molar-refractivity contribution in [2.24, 2.45) is 0 Å². The molecule has 1 aliphatic heterocycles. The van der Waals surface area contributed by atoms with Gasteiger partial charge in [0.15, 0.2) is 0 Å². The van der Waals surface area contributed by atoms with Crippen molar-refractivity contribution in [3.05, 3.63) is 0 Å². The quantitative estimate of drug-likeness (QED) is 0.622. The van der Waals surface area contributed by atoms with E-state index in [1.807, 2.05) is 0 Å². The van der Waals surface area contributed by atoms with Gasteiger partial charge in [0, 0.05) is 11.1 Å². The lowest BCUT2D eigenvalue weighted by Crippen LogP contribution is -2.65. The van der Waals surface area contributed by atoms with E-state index in [9.17, 15) is 0 Å². The number of hydrogen-bond acceptors (Lipinski definition) is 2. The van der Waals surface area contributed by atoms with Gasteiger partial charge in [-0.3, -0.25) is 0 Å². The molecule has 0 spiro atoms. The Balaban J connectivity index is 2.52. The molecule has 0 unspecified atom stereocenters. The van der Waals surface area contributed by atoms with Crippen molar-refractivity contribution >= 4 is 36.8 Å². The van der Waals surface area contributed by atoms with Gasteiger partial charge in [0.1, 0.15) is 0 Å². The van der Waals surface area contributed by atoms with Crippen LogP contribution in [0.1, 0.15) is 54.4 Å². The summed E-state index contributed by atoms with van der Waals surface area (Å²) in [5, 5.41) is 0. The van der Waals surface area contributed by atoms with Crippen molar-refractivity contribution in [2.45, 2.75) is 65.5 Å². The predicted molar refractivity (Wildman–Crippen MR) is 86.6 cm³/mol. The van der Waals surface area contributed by atoms with E-state index in [1.165, 1.54) is 12.8 Å². The van der Waals surface area contributed by atoms with E-state index in [-0.39, 0.29) is 36.8 Å². The van der Waals surface area contributed by atoms with E-state index < -0.39 is 0 Å². The van der Waals surface area contributed by atoms with Gasteiger partial charge in [0.05, 0.1) is 36.8 Å². The topological polar surface area (TPSA) is 6.48 Å². The van der Waals surface area contributed by atoms with E-state index in [0.717, 1.165) is 0 Å². The Morgan fingerprint density at radius 2 is 0.938 bits per heavy atom. The Hall–Kier alpha value is 0.788. The minimum Gasteiger partial charge on any atom is -0.353 e. The minimum atomic E-state index is 0.165. The number of nitrogens with zero attached hydrogens (tertiary/aromatic N) is 2. The average Bonchev–Trinajstić information content (AvgIpc) is 2.29. The van der Waals surface area contributed by atoms with Crippen molar-refractivity contribution in [1.82, 2.24) is 8.46 Å². The Morgan fingerprint density at radius 1 is 0.688 bits per heavy atom. The molecule has 0 saturated carbocycles. The van der Waals surface area contributed by atoms with Crippen molar-refractivity contribution in [2.75, 3.05) is 0 Å². The first kappa shape index (κ1) is 14.8. The third kappa shape index (κ3) is 3.39. The van der Waals surface area contributed by atoms with Crippen molar-refractivity contribution in [3.8, 4) is 0 Å². The van der Waals surface area contributed by atoms with E-state index in [2.05, 4.69) is 50.0 Å². The van der Waals surface area contributed by atoms with Gasteiger partial charge in [-0.1, -0.05) is 13.8 Å². The fourth-order valence-corrected chi connectivity index (χ4v) is 39.8. The molecule has 0 aromatic heterocycles. The molecule has 0 N–H and O–H groups in total. The minimum absolute atomic E-state index is 0.165. The molecule has 1 fully saturated rings. The van der Waals surface area contributed by atoms with Crippen LogP contribution in [-0.4, -0.2) is 56.3 Å². The zero-order chi connectivity index (χ0) is 12.4.